The van der Waals surface area contributed by atoms with Crippen LogP contribution in [0.15, 0.2) is 42.5 Å². The van der Waals surface area contributed by atoms with Gasteiger partial charge in [-0.05, 0) is 23.3 Å². The molecule has 1 N–H and O–H groups in total. The Kier molecular flexibility index (Phi) is 4.71. The lowest BCUT2D eigenvalue weighted by molar-refractivity contribution is -0.143. The molecule has 0 aliphatic rings. The van der Waals surface area contributed by atoms with Crippen LogP contribution >= 0.6 is 0 Å². The lowest BCUT2D eigenvalue weighted by atomic mass is 10.1. The normalized spacial score (nSPS) is 10.2. The molecule has 2 rings (SSSR count). The van der Waals surface area contributed by atoms with E-state index in [1.807, 2.05) is 42.5 Å². The lowest BCUT2D eigenvalue weighted by Crippen LogP contribution is -2.31. The average Bonchev–Trinajstić information content (AvgIpc) is 2.45. The van der Waals surface area contributed by atoms with Crippen LogP contribution in [0.25, 0.3) is 10.8 Å². The Morgan fingerprint density at radius 1 is 1.10 bits per heavy atom. The summed E-state index contributed by atoms with van der Waals surface area (Å²) in [4.78, 5) is 22.9. The monoisotopic (exact) mass is 271 g/mol. The first kappa shape index (κ1) is 14.1. The highest BCUT2D eigenvalue weighted by Crippen LogP contribution is 2.15. The van der Waals surface area contributed by atoms with Crippen molar-refractivity contribution in [3.63, 3.8) is 0 Å². The second-order valence-corrected chi connectivity index (χ2v) is 4.44. The van der Waals surface area contributed by atoms with Crippen molar-refractivity contribution in [2.75, 3.05) is 13.2 Å². The van der Waals surface area contributed by atoms with Gasteiger partial charge in [0.05, 0.1) is 13.0 Å². The van der Waals surface area contributed by atoms with Crippen LogP contribution in [0.1, 0.15) is 12.5 Å². The molecule has 0 bridgehead atoms. The van der Waals surface area contributed by atoms with E-state index >= 15 is 0 Å². The first-order valence-corrected chi connectivity index (χ1v) is 6.59. The maximum Gasteiger partial charge on any atom is 0.325 e. The summed E-state index contributed by atoms with van der Waals surface area (Å²) in [5, 5.41) is 4.79. The number of ether oxygens (including phenoxy) is 1. The SMILES string of the molecule is CCOC(=O)CNC(=O)Cc1ccc2ccccc2c1. The molecule has 4 heteroatoms. The van der Waals surface area contributed by atoms with Crippen LogP contribution in [0.3, 0.4) is 0 Å². The molecule has 0 aromatic heterocycles. The second-order valence-electron chi connectivity index (χ2n) is 4.44. The minimum absolute atomic E-state index is 0.0831. The molecule has 0 radical (unpaired) electrons. The topological polar surface area (TPSA) is 55.4 Å². The van der Waals surface area contributed by atoms with Gasteiger partial charge in [-0.1, -0.05) is 42.5 Å². The standard InChI is InChI=1S/C16H17NO3/c1-2-20-16(19)11-17-15(18)10-12-7-8-13-5-3-4-6-14(13)9-12/h3-9H,2,10-11H2,1H3,(H,17,18). The Morgan fingerprint density at radius 2 is 1.85 bits per heavy atom. The maximum absolute atomic E-state index is 11.7. The summed E-state index contributed by atoms with van der Waals surface area (Å²) in [5.41, 5.74) is 0.921. The van der Waals surface area contributed by atoms with Gasteiger partial charge in [-0.2, -0.15) is 0 Å². The molecule has 104 valence electrons. The smallest absolute Gasteiger partial charge is 0.325 e. The number of benzene rings is 2. The van der Waals surface area contributed by atoms with Crippen molar-refractivity contribution < 1.29 is 14.3 Å². The third kappa shape index (κ3) is 3.82. The zero-order valence-corrected chi connectivity index (χ0v) is 11.4. The number of rotatable bonds is 5. The van der Waals surface area contributed by atoms with Crippen molar-refractivity contribution in [1.29, 1.82) is 0 Å². The average molecular weight is 271 g/mol. The van der Waals surface area contributed by atoms with Crippen molar-refractivity contribution in [2.24, 2.45) is 0 Å². The molecule has 2 aromatic rings. The summed E-state index contributed by atoms with van der Waals surface area (Å²) >= 11 is 0. The van der Waals surface area contributed by atoms with Gasteiger partial charge < -0.3 is 10.1 Å². The van der Waals surface area contributed by atoms with E-state index in [1.54, 1.807) is 6.92 Å². The van der Waals surface area contributed by atoms with Crippen molar-refractivity contribution in [2.45, 2.75) is 13.3 Å². The van der Waals surface area contributed by atoms with Gasteiger partial charge in [-0.15, -0.1) is 0 Å². The van der Waals surface area contributed by atoms with E-state index in [0.717, 1.165) is 16.3 Å². The fourth-order valence-electron chi connectivity index (χ4n) is 1.98. The van der Waals surface area contributed by atoms with Crippen LogP contribution < -0.4 is 5.32 Å². The first-order valence-electron chi connectivity index (χ1n) is 6.59. The molecule has 0 fully saturated rings. The predicted molar refractivity (Wildman–Crippen MR) is 77.3 cm³/mol. The van der Waals surface area contributed by atoms with E-state index in [2.05, 4.69) is 5.32 Å². The number of hydrogen-bond acceptors (Lipinski definition) is 3. The van der Waals surface area contributed by atoms with Gasteiger partial charge in [0.15, 0.2) is 0 Å². The fourth-order valence-corrected chi connectivity index (χ4v) is 1.98. The Balaban J connectivity index is 1.94. The zero-order valence-electron chi connectivity index (χ0n) is 11.4. The van der Waals surface area contributed by atoms with Crippen LogP contribution in [-0.2, 0) is 20.7 Å². The molecular weight excluding hydrogens is 254 g/mol. The Morgan fingerprint density at radius 3 is 2.60 bits per heavy atom. The molecule has 4 nitrogen and oxygen atoms in total. The Hall–Kier alpha value is -2.36. The molecule has 2 aromatic carbocycles. The van der Waals surface area contributed by atoms with E-state index in [-0.39, 0.29) is 18.9 Å². The van der Waals surface area contributed by atoms with Gasteiger partial charge in [0.2, 0.25) is 5.91 Å². The van der Waals surface area contributed by atoms with E-state index < -0.39 is 5.97 Å². The van der Waals surface area contributed by atoms with E-state index in [0.29, 0.717) is 6.61 Å². The second kappa shape index (κ2) is 6.70. The maximum atomic E-state index is 11.7. The number of fused-ring (bicyclic) bond motifs is 1. The Bertz CT molecular complexity index is 622. The molecule has 20 heavy (non-hydrogen) atoms. The van der Waals surface area contributed by atoms with Crippen LogP contribution in [-0.4, -0.2) is 25.0 Å². The molecule has 0 spiro atoms. The minimum atomic E-state index is -0.417. The van der Waals surface area contributed by atoms with Crippen LogP contribution in [0, 0.1) is 0 Å². The number of nitrogens with one attached hydrogen (secondary N) is 1. The number of hydrogen-bond donors (Lipinski definition) is 1. The number of carbonyl (C=O) groups excluding carboxylic acids is 2. The molecule has 0 aliphatic heterocycles. The van der Waals surface area contributed by atoms with Crippen molar-refractivity contribution in [3.05, 3.63) is 48.0 Å². The fraction of sp³-hybridized carbons (Fsp3) is 0.250. The summed E-state index contributed by atoms with van der Waals surface area (Å²) in [6.07, 6.45) is 0.254. The first-order chi connectivity index (χ1) is 9.69. The van der Waals surface area contributed by atoms with Crippen molar-refractivity contribution >= 4 is 22.6 Å². The lowest BCUT2D eigenvalue weighted by Gasteiger charge is -2.06. The van der Waals surface area contributed by atoms with Crippen LogP contribution in [0.5, 0.6) is 0 Å². The highest BCUT2D eigenvalue weighted by molar-refractivity contribution is 5.86. The van der Waals surface area contributed by atoms with Crippen molar-refractivity contribution in [3.8, 4) is 0 Å². The highest BCUT2D eigenvalue weighted by atomic mass is 16.5. The van der Waals surface area contributed by atoms with Gasteiger partial charge in [-0.3, -0.25) is 9.59 Å². The predicted octanol–water partition coefficient (Wildman–Crippen LogP) is 2.06. The van der Waals surface area contributed by atoms with Gasteiger partial charge in [0.25, 0.3) is 0 Å². The van der Waals surface area contributed by atoms with Gasteiger partial charge in [0.1, 0.15) is 6.54 Å². The third-order valence-corrected chi connectivity index (χ3v) is 2.91. The molecule has 0 saturated carbocycles. The van der Waals surface area contributed by atoms with Crippen molar-refractivity contribution in [1.82, 2.24) is 5.32 Å². The van der Waals surface area contributed by atoms with E-state index in [4.69, 9.17) is 4.74 Å². The summed E-state index contributed by atoms with van der Waals surface area (Å²) in [7, 11) is 0. The Labute approximate surface area is 117 Å². The number of carbonyl (C=O) groups is 2. The molecular formula is C16H17NO3. The van der Waals surface area contributed by atoms with E-state index in [9.17, 15) is 9.59 Å². The molecule has 1 amide bonds. The molecule has 0 heterocycles. The van der Waals surface area contributed by atoms with Crippen LogP contribution in [0.4, 0.5) is 0 Å². The largest absolute Gasteiger partial charge is 0.465 e. The quantitative estimate of drug-likeness (QED) is 0.847. The molecule has 0 unspecified atom stereocenters. The summed E-state index contributed by atoms with van der Waals surface area (Å²) in [6, 6.07) is 13.9. The summed E-state index contributed by atoms with van der Waals surface area (Å²) in [5.74, 6) is -0.604. The van der Waals surface area contributed by atoms with Gasteiger partial charge in [0, 0.05) is 0 Å². The van der Waals surface area contributed by atoms with Gasteiger partial charge in [-0.25, -0.2) is 0 Å². The molecule has 0 aliphatic carbocycles. The minimum Gasteiger partial charge on any atom is -0.465 e. The number of esters is 1. The molecule has 0 atom stereocenters. The van der Waals surface area contributed by atoms with E-state index in [1.165, 1.54) is 0 Å². The molecule has 0 saturated heterocycles. The summed E-state index contributed by atoms with van der Waals surface area (Å²) in [6.45, 7) is 1.97. The third-order valence-electron chi connectivity index (χ3n) is 2.91. The van der Waals surface area contributed by atoms with Gasteiger partial charge >= 0.3 is 5.97 Å². The number of amides is 1. The zero-order chi connectivity index (χ0) is 14.4. The summed E-state index contributed by atoms with van der Waals surface area (Å²) < 4.78 is 4.75. The highest BCUT2D eigenvalue weighted by Gasteiger charge is 2.07. The van der Waals surface area contributed by atoms with Crippen LogP contribution in [0.2, 0.25) is 0 Å².